The third-order valence-corrected chi connectivity index (χ3v) is 3.16. The number of hydrogen-bond donors (Lipinski definition) is 2. The molecule has 1 atom stereocenters. The number of rotatable bonds is 6. The zero-order chi connectivity index (χ0) is 13.7. The molecule has 1 amide bonds. The largest absolute Gasteiger partial charge is 0.454 e. The minimum Gasteiger partial charge on any atom is -0.454 e. The van der Waals surface area contributed by atoms with Gasteiger partial charge >= 0.3 is 0 Å². The number of anilines is 1. The normalized spacial score (nSPS) is 14.2. The first-order valence-electron chi connectivity index (χ1n) is 6.62. The van der Waals surface area contributed by atoms with Gasteiger partial charge in [-0.05, 0) is 31.0 Å². The topological polar surface area (TPSA) is 73.6 Å². The number of nitrogens with two attached hydrogens (primary N) is 1. The van der Waals surface area contributed by atoms with Crippen molar-refractivity contribution in [2.24, 2.45) is 11.7 Å². The van der Waals surface area contributed by atoms with Gasteiger partial charge in [-0.15, -0.1) is 0 Å². The van der Waals surface area contributed by atoms with E-state index < -0.39 is 0 Å². The summed E-state index contributed by atoms with van der Waals surface area (Å²) in [6, 6.07) is 5.38. The van der Waals surface area contributed by atoms with Crippen molar-refractivity contribution in [3.8, 4) is 11.5 Å². The van der Waals surface area contributed by atoms with Gasteiger partial charge in [0.2, 0.25) is 12.7 Å². The van der Waals surface area contributed by atoms with E-state index in [1.807, 2.05) is 6.07 Å². The van der Waals surface area contributed by atoms with Gasteiger partial charge in [0.05, 0.1) is 0 Å². The summed E-state index contributed by atoms with van der Waals surface area (Å²) in [7, 11) is 0. The summed E-state index contributed by atoms with van der Waals surface area (Å²) < 4.78 is 10.5. The van der Waals surface area contributed by atoms with Crippen molar-refractivity contribution in [3.05, 3.63) is 18.2 Å². The molecule has 2 rings (SSSR count). The standard InChI is InChI=1S/C14H20N2O3/c1-2-3-10(8-15)6-14(17)16-11-4-5-12-13(7-11)19-9-18-12/h4-5,7,10H,2-3,6,8-9,15H2,1H3,(H,16,17). The molecule has 0 aromatic heterocycles. The van der Waals surface area contributed by atoms with Crippen molar-refractivity contribution >= 4 is 11.6 Å². The molecule has 0 saturated heterocycles. The van der Waals surface area contributed by atoms with Crippen molar-refractivity contribution in [2.45, 2.75) is 26.2 Å². The maximum absolute atomic E-state index is 11.9. The van der Waals surface area contributed by atoms with Crippen LogP contribution in [-0.2, 0) is 4.79 Å². The molecule has 0 spiro atoms. The lowest BCUT2D eigenvalue weighted by atomic mass is 10.00. The molecule has 0 aliphatic carbocycles. The van der Waals surface area contributed by atoms with Crippen LogP contribution in [0.15, 0.2) is 18.2 Å². The van der Waals surface area contributed by atoms with Crippen LogP contribution >= 0.6 is 0 Å². The molecule has 1 aromatic rings. The lowest BCUT2D eigenvalue weighted by Crippen LogP contribution is -2.22. The van der Waals surface area contributed by atoms with E-state index in [-0.39, 0.29) is 18.6 Å². The van der Waals surface area contributed by atoms with E-state index in [4.69, 9.17) is 15.2 Å². The highest BCUT2D eigenvalue weighted by Gasteiger charge is 2.15. The Balaban J connectivity index is 1.91. The first-order valence-corrected chi connectivity index (χ1v) is 6.62. The van der Waals surface area contributed by atoms with Crippen molar-refractivity contribution in [1.82, 2.24) is 0 Å². The van der Waals surface area contributed by atoms with Crippen LogP contribution in [0.5, 0.6) is 11.5 Å². The van der Waals surface area contributed by atoms with E-state index in [1.165, 1.54) is 0 Å². The molecular formula is C14H20N2O3. The summed E-state index contributed by atoms with van der Waals surface area (Å²) in [5.41, 5.74) is 6.38. The molecule has 3 N–H and O–H groups in total. The van der Waals surface area contributed by atoms with Crippen molar-refractivity contribution in [1.29, 1.82) is 0 Å². The molecule has 1 aromatic carbocycles. The van der Waals surface area contributed by atoms with E-state index >= 15 is 0 Å². The highest BCUT2D eigenvalue weighted by Crippen LogP contribution is 2.34. The summed E-state index contributed by atoms with van der Waals surface area (Å²) in [4.78, 5) is 11.9. The van der Waals surface area contributed by atoms with Crippen LogP contribution in [0.25, 0.3) is 0 Å². The lowest BCUT2D eigenvalue weighted by molar-refractivity contribution is -0.117. The molecule has 5 nitrogen and oxygen atoms in total. The Morgan fingerprint density at radius 1 is 1.42 bits per heavy atom. The van der Waals surface area contributed by atoms with Gasteiger partial charge in [-0.3, -0.25) is 4.79 Å². The maximum Gasteiger partial charge on any atom is 0.231 e. The molecule has 5 heteroatoms. The summed E-state index contributed by atoms with van der Waals surface area (Å²) in [5, 5.41) is 2.86. The first kappa shape index (κ1) is 13.7. The van der Waals surface area contributed by atoms with Crippen LogP contribution in [0.2, 0.25) is 0 Å². The van der Waals surface area contributed by atoms with Gasteiger partial charge in [-0.1, -0.05) is 13.3 Å². The SMILES string of the molecule is CCCC(CN)CC(=O)Nc1ccc2c(c1)OCO2. The smallest absolute Gasteiger partial charge is 0.231 e. The Hall–Kier alpha value is -1.75. The molecule has 0 fully saturated rings. The third-order valence-electron chi connectivity index (χ3n) is 3.16. The zero-order valence-electron chi connectivity index (χ0n) is 11.1. The highest BCUT2D eigenvalue weighted by molar-refractivity contribution is 5.91. The summed E-state index contributed by atoms with van der Waals surface area (Å²) in [6.45, 7) is 2.87. The Morgan fingerprint density at radius 2 is 2.21 bits per heavy atom. The van der Waals surface area contributed by atoms with Crippen LogP contribution in [0.3, 0.4) is 0 Å². The van der Waals surface area contributed by atoms with E-state index in [0.717, 1.165) is 18.5 Å². The number of amides is 1. The number of carbonyl (C=O) groups is 1. The lowest BCUT2D eigenvalue weighted by Gasteiger charge is -2.13. The summed E-state index contributed by atoms with van der Waals surface area (Å²) in [5.74, 6) is 1.62. The number of carbonyl (C=O) groups excluding carboxylic acids is 1. The van der Waals surface area contributed by atoms with Gasteiger partial charge in [-0.25, -0.2) is 0 Å². The van der Waals surface area contributed by atoms with Gasteiger partial charge in [0.25, 0.3) is 0 Å². The fourth-order valence-corrected chi connectivity index (χ4v) is 2.16. The fourth-order valence-electron chi connectivity index (χ4n) is 2.16. The summed E-state index contributed by atoms with van der Waals surface area (Å²) in [6.07, 6.45) is 2.48. The maximum atomic E-state index is 11.9. The van der Waals surface area contributed by atoms with E-state index in [2.05, 4.69) is 12.2 Å². The van der Waals surface area contributed by atoms with Crippen LogP contribution in [0.4, 0.5) is 5.69 Å². The van der Waals surface area contributed by atoms with Crippen molar-refractivity contribution < 1.29 is 14.3 Å². The monoisotopic (exact) mass is 264 g/mol. The predicted molar refractivity (Wildman–Crippen MR) is 73.3 cm³/mol. The second-order valence-corrected chi connectivity index (χ2v) is 4.71. The number of benzene rings is 1. The molecule has 0 radical (unpaired) electrons. The number of fused-ring (bicyclic) bond motifs is 1. The Morgan fingerprint density at radius 3 is 2.95 bits per heavy atom. The Kier molecular flexibility index (Phi) is 4.63. The van der Waals surface area contributed by atoms with Crippen molar-refractivity contribution in [2.75, 3.05) is 18.7 Å². The second-order valence-electron chi connectivity index (χ2n) is 4.71. The molecular weight excluding hydrogens is 244 g/mol. The zero-order valence-corrected chi connectivity index (χ0v) is 11.1. The van der Waals surface area contributed by atoms with Gasteiger partial charge in [0, 0.05) is 18.2 Å². The molecule has 1 aliphatic rings. The number of ether oxygens (including phenoxy) is 2. The molecule has 19 heavy (non-hydrogen) atoms. The highest BCUT2D eigenvalue weighted by atomic mass is 16.7. The van der Waals surface area contributed by atoms with Crippen LogP contribution in [-0.4, -0.2) is 19.2 Å². The summed E-state index contributed by atoms with van der Waals surface area (Å²) >= 11 is 0. The third kappa shape index (κ3) is 3.61. The minimum atomic E-state index is -0.0113. The molecule has 0 saturated carbocycles. The predicted octanol–water partition coefficient (Wildman–Crippen LogP) is 2.12. The molecule has 104 valence electrons. The van der Waals surface area contributed by atoms with E-state index in [9.17, 15) is 4.79 Å². The first-order chi connectivity index (χ1) is 9.22. The van der Waals surface area contributed by atoms with Crippen molar-refractivity contribution in [3.63, 3.8) is 0 Å². The molecule has 1 unspecified atom stereocenters. The van der Waals surface area contributed by atoms with Crippen LogP contribution in [0.1, 0.15) is 26.2 Å². The molecule has 1 aliphatic heterocycles. The van der Waals surface area contributed by atoms with Gasteiger partial charge in [-0.2, -0.15) is 0 Å². The average Bonchev–Trinajstić information content (AvgIpc) is 2.85. The van der Waals surface area contributed by atoms with Gasteiger partial charge < -0.3 is 20.5 Å². The van der Waals surface area contributed by atoms with Crippen LogP contribution < -0.4 is 20.5 Å². The molecule has 1 heterocycles. The minimum absolute atomic E-state index is 0.0113. The van der Waals surface area contributed by atoms with Gasteiger partial charge in [0.1, 0.15) is 0 Å². The number of hydrogen-bond acceptors (Lipinski definition) is 4. The quantitative estimate of drug-likeness (QED) is 0.825. The second kappa shape index (κ2) is 6.43. The van der Waals surface area contributed by atoms with Gasteiger partial charge in [0.15, 0.2) is 11.5 Å². The van der Waals surface area contributed by atoms with E-state index in [1.54, 1.807) is 12.1 Å². The Labute approximate surface area is 113 Å². The average molecular weight is 264 g/mol. The Bertz CT molecular complexity index is 448. The number of nitrogens with one attached hydrogen (secondary N) is 1. The van der Waals surface area contributed by atoms with Crippen LogP contribution in [0, 0.1) is 5.92 Å². The fraction of sp³-hybridized carbons (Fsp3) is 0.500. The van der Waals surface area contributed by atoms with E-state index in [0.29, 0.717) is 24.5 Å². The molecule has 0 bridgehead atoms.